The number of nitrogens with one attached hydrogen (secondary N) is 2. The lowest BCUT2D eigenvalue weighted by Gasteiger charge is -2.18. The number of hydrogen-bond donors (Lipinski definition) is 4. The molecule has 1 saturated heterocycles. The molecule has 1 aliphatic heterocycles. The van der Waals surface area contributed by atoms with E-state index in [4.69, 9.17) is 4.74 Å². The normalized spacial score (nSPS) is 20.9. The van der Waals surface area contributed by atoms with E-state index in [1.807, 2.05) is 0 Å². The maximum absolute atomic E-state index is 11.6. The minimum absolute atomic E-state index is 0.0176. The van der Waals surface area contributed by atoms with Crippen LogP contribution in [0.15, 0.2) is 24.3 Å². The van der Waals surface area contributed by atoms with Crippen LogP contribution in [0.3, 0.4) is 0 Å². The SMILES string of the molecule is O=C(NCCC[C@@H](O)[C@@H]1C[C@@H](O)CN1)OCc1ccc([N+](=O)[O-])cc1. The Morgan fingerprint density at radius 1 is 1.44 bits per heavy atom. The minimum Gasteiger partial charge on any atom is -0.445 e. The predicted octanol–water partition coefficient (Wildman–Crippen LogP) is 0.685. The first-order valence-electron chi connectivity index (χ1n) is 8.19. The molecule has 0 aliphatic carbocycles. The standard InChI is InChI=1S/C16H23N3O6/c20-13-8-14(18-9-13)15(21)2-1-7-17-16(22)25-10-11-3-5-12(6-4-11)19(23)24/h3-6,13-15,18,20-21H,1-2,7-10H2,(H,17,22)/t13-,14+,15-/m1/s1. The van der Waals surface area contributed by atoms with E-state index in [0.29, 0.717) is 37.9 Å². The molecule has 0 aromatic heterocycles. The molecule has 0 bridgehead atoms. The summed E-state index contributed by atoms with van der Waals surface area (Å²) in [7, 11) is 0. The fourth-order valence-corrected chi connectivity index (χ4v) is 2.66. The van der Waals surface area contributed by atoms with E-state index in [1.54, 1.807) is 0 Å². The number of hydrogen-bond acceptors (Lipinski definition) is 7. The topological polar surface area (TPSA) is 134 Å². The largest absolute Gasteiger partial charge is 0.445 e. The molecule has 0 radical (unpaired) electrons. The van der Waals surface area contributed by atoms with Gasteiger partial charge in [0.1, 0.15) is 6.61 Å². The van der Waals surface area contributed by atoms with Gasteiger partial charge in [-0.25, -0.2) is 4.79 Å². The van der Waals surface area contributed by atoms with Gasteiger partial charge in [0.25, 0.3) is 5.69 Å². The van der Waals surface area contributed by atoms with Gasteiger partial charge < -0.3 is 25.6 Å². The van der Waals surface area contributed by atoms with Crippen LogP contribution >= 0.6 is 0 Å². The van der Waals surface area contributed by atoms with Crippen LogP contribution in [0.5, 0.6) is 0 Å². The van der Waals surface area contributed by atoms with Crippen molar-refractivity contribution >= 4 is 11.8 Å². The van der Waals surface area contributed by atoms with Crippen molar-refractivity contribution in [1.29, 1.82) is 0 Å². The number of nitro benzene ring substituents is 1. The van der Waals surface area contributed by atoms with Crippen LogP contribution < -0.4 is 10.6 Å². The molecule has 1 amide bonds. The Kier molecular flexibility index (Phi) is 7.11. The molecule has 0 spiro atoms. The number of nitro groups is 1. The highest BCUT2D eigenvalue weighted by Gasteiger charge is 2.27. The van der Waals surface area contributed by atoms with E-state index in [2.05, 4.69) is 10.6 Å². The Hall–Kier alpha value is -2.23. The van der Waals surface area contributed by atoms with E-state index >= 15 is 0 Å². The smallest absolute Gasteiger partial charge is 0.407 e. The van der Waals surface area contributed by atoms with Crippen molar-refractivity contribution in [2.75, 3.05) is 13.1 Å². The number of rotatable bonds is 8. The van der Waals surface area contributed by atoms with Crippen molar-refractivity contribution in [3.63, 3.8) is 0 Å². The first-order valence-corrected chi connectivity index (χ1v) is 8.19. The fourth-order valence-electron chi connectivity index (χ4n) is 2.66. The van der Waals surface area contributed by atoms with Gasteiger partial charge in [-0.05, 0) is 37.0 Å². The van der Waals surface area contributed by atoms with E-state index in [0.717, 1.165) is 0 Å². The molecular formula is C16H23N3O6. The molecule has 25 heavy (non-hydrogen) atoms. The number of non-ortho nitro benzene ring substituents is 1. The summed E-state index contributed by atoms with van der Waals surface area (Å²) in [5, 5.41) is 35.6. The molecule has 1 aliphatic rings. The van der Waals surface area contributed by atoms with Gasteiger partial charge in [-0.1, -0.05) is 0 Å². The van der Waals surface area contributed by atoms with Crippen molar-refractivity contribution < 1.29 is 24.7 Å². The Morgan fingerprint density at radius 3 is 2.76 bits per heavy atom. The lowest BCUT2D eigenvalue weighted by molar-refractivity contribution is -0.384. The number of benzene rings is 1. The highest BCUT2D eigenvalue weighted by Crippen LogP contribution is 2.14. The molecule has 1 fully saturated rings. The van der Waals surface area contributed by atoms with Gasteiger partial charge in [-0.15, -0.1) is 0 Å². The molecule has 2 rings (SSSR count). The van der Waals surface area contributed by atoms with Crippen LogP contribution in [0, 0.1) is 10.1 Å². The molecule has 3 atom stereocenters. The van der Waals surface area contributed by atoms with Gasteiger partial charge in [-0.2, -0.15) is 0 Å². The van der Waals surface area contributed by atoms with Gasteiger partial charge in [-0.3, -0.25) is 10.1 Å². The average molecular weight is 353 g/mol. The molecule has 9 heteroatoms. The van der Waals surface area contributed by atoms with Gasteiger partial charge in [0.05, 0.1) is 17.1 Å². The zero-order valence-corrected chi connectivity index (χ0v) is 13.8. The van der Waals surface area contributed by atoms with E-state index in [-0.39, 0.29) is 18.3 Å². The summed E-state index contributed by atoms with van der Waals surface area (Å²) >= 11 is 0. The fraction of sp³-hybridized carbons (Fsp3) is 0.562. The summed E-state index contributed by atoms with van der Waals surface area (Å²) in [4.78, 5) is 21.6. The third kappa shape index (κ3) is 6.29. The Labute approximate surface area is 145 Å². The number of β-amino-alcohol motifs (C(OH)–C–C–N with tert-alkyl or cyclic N) is 1. The van der Waals surface area contributed by atoms with E-state index in [1.165, 1.54) is 24.3 Å². The maximum atomic E-state index is 11.6. The summed E-state index contributed by atoms with van der Waals surface area (Å²) in [5.74, 6) is 0. The summed E-state index contributed by atoms with van der Waals surface area (Å²) < 4.78 is 5.02. The van der Waals surface area contributed by atoms with Gasteiger partial charge in [0.15, 0.2) is 0 Å². The van der Waals surface area contributed by atoms with Crippen molar-refractivity contribution in [2.45, 2.75) is 44.1 Å². The Bertz CT molecular complexity index is 580. The third-order valence-electron chi connectivity index (χ3n) is 4.07. The van der Waals surface area contributed by atoms with E-state index < -0.39 is 23.2 Å². The number of aliphatic hydroxyl groups is 2. The van der Waals surface area contributed by atoms with Crippen molar-refractivity contribution in [3.8, 4) is 0 Å². The Balaban J connectivity index is 1.58. The first kappa shape index (κ1) is 19.1. The average Bonchev–Trinajstić information content (AvgIpc) is 3.03. The second-order valence-electron chi connectivity index (χ2n) is 6.04. The van der Waals surface area contributed by atoms with Crippen molar-refractivity contribution in [2.24, 2.45) is 0 Å². The second kappa shape index (κ2) is 9.30. The monoisotopic (exact) mass is 353 g/mol. The number of alkyl carbamates (subject to hydrolysis) is 1. The second-order valence-corrected chi connectivity index (χ2v) is 6.04. The van der Waals surface area contributed by atoms with Gasteiger partial charge in [0.2, 0.25) is 0 Å². The zero-order valence-electron chi connectivity index (χ0n) is 13.8. The molecule has 1 aromatic rings. The van der Waals surface area contributed by atoms with E-state index in [9.17, 15) is 25.1 Å². The number of amides is 1. The summed E-state index contributed by atoms with van der Waals surface area (Å²) in [6, 6.07) is 5.66. The molecule has 9 nitrogen and oxygen atoms in total. The lowest BCUT2D eigenvalue weighted by Crippen LogP contribution is -2.35. The summed E-state index contributed by atoms with van der Waals surface area (Å²) in [6.45, 7) is 0.886. The van der Waals surface area contributed by atoms with Gasteiger partial charge >= 0.3 is 6.09 Å². The van der Waals surface area contributed by atoms with Crippen LogP contribution in [0.4, 0.5) is 10.5 Å². The van der Waals surface area contributed by atoms with Crippen LogP contribution in [-0.4, -0.2) is 52.6 Å². The van der Waals surface area contributed by atoms with Crippen LogP contribution in [0.1, 0.15) is 24.8 Å². The highest BCUT2D eigenvalue weighted by atomic mass is 16.6. The molecule has 0 saturated carbocycles. The highest BCUT2D eigenvalue weighted by molar-refractivity contribution is 5.67. The third-order valence-corrected chi connectivity index (χ3v) is 4.07. The summed E-state index contributed by atoms with van der Waals surface area (Å²) in [5.41, 5.74) is 0.637. The maximum Gasteiger partial charge on any atom is 0.407 e. The number of nitrogens with zero attached hydrogens (tertiary/aromatic N) is 1. The number of carbonyl (C=O) groups excluding carboxylic acids is 1. The number of ether oxygens (including phenoxy) is 1. The molecule has 4 N–H and O–H groups in total. The minimum atomic E-state index is -0.581. The van der Waals surface area contributed by atoms with Crippen LogP contribution in [0.2, 0.25) is 0 Å². The molecule has 0 unspecified atom stereocenters. The van der Waals surface area contributed by atoms with Crippen LogP contribution in [-0.2, 0) is 11.3 Å². The lowest BCUT2D eigenvalue weighted by atomic mass is 10.0. The first-order chi connectivity index (χ1) is 12.0. The van der Waals surface area contributed by atoms with Gasteiger partial charge in [0, 0.05) is 31.3 Å². The van der Waals surface area contributed by atoms with Crippen molar-refractivity contribution in [1.82, 2.24) is 10.6 Å². The summed E-state index contributed by atoms with van der Waals surface area (Å²) in [6.07, 6.45) is 0.0746. The molecule has 138 valence electrons. The number of aliphatic hydroxyl groups excluding tert-OH is 2. The Morgan fingerprint density at radius 2 is 2.16 bits per heavy atom. The molecule has 1 aromatic carbocycles. The number of carbonyl (C=O) groups is 1. The quantitative estimate of drug-likeness (QED) is 0.307. The molecular weight excluding hydrogens is 330 g/mol. The van der Waals surface area contributed by atoms with Crippen LogP contribution in [0.25, 0.3) is 0 Å². The predicted molar refractivity (Wildman–Crippen MR) is 88.9 cm³/mol. The molecule has 1 heterocycles. The zero-order chi connectivity index (χ0) is 18.2. The van der Waals surface area contributed by atoms with Crippen molar-refractivity contribution in [3.05, 3.63) is 39.9 Å².